The first-order chi connectivity index (χ1) is 7.75. The predicted octanol–water partition coefficient (Wildman–Crippen LogP) is 1.70. The topological polar surface area (TPSA) is 49.8 Å². The summed E-state index contributed by atoms with van der Waals surface area (Å²) in [5.41, 5.74) is 0.724. The summed E-state index contributed by atoms with van der Waals surface area (Å²) < 4.78 is 0. The van der Waals surface area contributed by atoms with Gasteiger partial charge in [0, 0.05) is 18.7 Å². The van der Waals surface area contributed by atoms with Crippen LogP contribution in [-0.2, 0) is 11.2 Å². The van der Waals surface area contributed by atoms with Crippen molar-refractivity contribution in [3.8, 4) is 5.75 Å². The fourth-order valence-corrected chi connectivity index (χ4v) is 1.82. The first kappa shape index (κ1) is 11.0. The molecule has 4 nitrogen and oxygen atoms in total. The van der Waals surface area contributed by atoms with Gasteiger partial charge in [-0.3, -0.25) is 4.79 Å². The molecule has 0 aromatic heterocycles. The number of carboxylic acids is 1. The molecular weight excluding hydrogens is 206 g/mol. The van der Waals surface area contributed by atoms with E-state index in [-0.39, 0.29) is 6.42 Å². The van der Waals surface area contributed by atoms with Crippen LogP contribution in [-0.4, -0.2) is 29.2 Å². The average Bonchev–Trinajstić information content (AvgIpc) is 2.73. The van der Waals surface area contributed by atoms with Gasteiger partial charge < -0.3 is 9.94 Å². The van der Waals surface area contributed by atoms with Gasteiger partial charge in [-0.05, 0) is 18.9 Å². The van der Waals surface area contributed by atoms with Crippen molar-refractivity contribution in [3.63, 3.8) is 0 Å². The third-order valence-corrected chi connectivity index (χ3v) is 2.61. The van der Waals surface area contributed by atoms with Crippen molar-refractivity contribution >= 4 is 5.97 Å². The van der Waals surface area contributed by atoms with Crippen LogP contribution in [0.5, 0.6) is 5.75 Å². The lowest BCUT2D eigenvalue weighted by atomic mass is 10.1. The summed E-state index contributed by atoms with van der Waals surface area (Å²) in [6.07, 6.45) is 2.28. The second-order valence-electron chi connectivity index (χ2n) is 3.91. The van der Waals surface area contributed by atoms with Crippen LogP contribution >= 0.6 is 0 Å². The van der Waals surface area contributed by atoms with Crippen molar-refractivity contribution in [3.05, 3.63) is 29.8 Å². The predicted molar refractivity (Wildman–Crippen MR) is 59.2 cm³/mol. The molecule has 0 atom stereocenters. The summed E-state index contributed by atoms with van der Waals surface area (Å²) in [5, 5.41) is 10.7. The van der Waals surface area contributed by atoms with Crippen molar-refractivity contribution < 1.29 is 14.7 Å². The molecular formula is C12H15NO3. The van der Waals surface area contributed by atoms with E-state index in [1.165, 1.54) is 0 Å². The Balaban J connectivity index is 2.09. The van der Waals surface area contributed by atoms with Crippen molar-refractivity contribution in [2.45, 2.75) is 19.3 Å². The fourth-order valence-electron chi connectivity index (χ4n) is 1.82. The van der Waals surface area contributed by atoms with Gasteiger partial charge in [-0.2, -0.15) is 0 Å². The molecule has 1 aliphatic heterocycles. The Kier molecular flexibility index (Phi) is 3.41. The third kappa shape index (κ3) is 2.73. The molecule has 0 amide bonds. The Labute approximate surface area is 94.4 Å². The summed E-state index contributed by atoms with van der Waals surface area (Å²) in [4.78, 5) is 16.4. The van der Waals surface area contributed by atoms with E-state index in [1.807, 2.05) is 23.3 Å². The largest absolute Gasteiger partial charge is 0.481 e. The maximum atomic E-state index is 10.7. The van der Waals surface area contributed by atoms with Crippen LogP contribution in [0.4, 0.5) is 0 Å². The van der Waals surface area contributed by atoms with E-state index in [2.05, 4.69) is 0 Å². The second kappa shape index (κ2) is 4.99. The Morgan fingerprint density at radius 2 is 2.00 bits per heavy atom. The third-order valence-electron chi connectivity index (χ3n) is 2.61. The lowest BCUT2D eigenvalue weighted by molar-refractivity contribution is -0.136. The van der Waals surface area contributed by atoms with Crippen molar-refractivity contribution in [2.24, 2.45) is 0 Å². The van der Waals surface area contributed by atoms with Gasteiger partial charge in [0.1, 0.15) is 0 Å². The van der Waals surface area contributed by atoms with Crippen molar-refractivity contribution in [1.29, 1.82) is 0 Å². The highest BCUT2D eigenvalue weighted by molar-refractivity contribution is 5.71. The molecule has 1 aromatic rings. The van der Waals surface area contributed by atoms with Crippen LogP contribution in [0.2, 0.25) is 0 Å². The number of benzene rings is 1. The lowest BCUT2D eigenvalue weighted by Crippen LogP contribution is -2.24. The molecule has 1 saturated heterocycles. The zero-order valence-electron chi connectivity index (χ0n) is 9.06. The maximum absolute atomic E-state index is 10.7. The summed E-state index contributed by atoms with van der Waals surface area (Å²) in [7, 11) is 0. The zero-order chi connectivity index (χ0) is 11.4. The molecule has 1 aliphatic rings. The summed E-state index contributed by atoms with van der Waals surface area (Å²) in [6.45, 7) is 1.84. The number of hydrogen-bond donors (Lipinski definition) is 1. The number of carbonyl (C=O) groups is 1. The van der Waals surface area contributed by atoms with Gasteiger partial charge >= 0.3 is 5.97 Å². The van der Waals surface area contributed by atoms with Crippen LogP contribution in [0.25, 0.3) is 0 Å². The van der Waals surface area contributed by atoms with Crippen LogP contribution < -0.4 is 4.84 Å². The van der Waals surface area contributed by atoms with Crippen molar-refractivity contribution in [1.82, 2.24) is 5.06 Å². The molecule has 4 heteroatoms. The fraction of sp³-hybridized carbons (Fsp3) is 0.417. The van der Waals surface area contributed by atoms with E-state index in [9.17, 15) is 4.79 Å². The smallest absolute Gasteiger partial charge is 0.307 e. The minimum atomic E-state index is -0.836. The molecule has 0 saturated carbocycles. The van der Waals surface area contributed by atoms with Crippen LogP contribution in [0.1, 0.15) is 18.4 Å². The Hall–Kier alpha value is -1.55. The lowest BCUT2D eigenvalue weighted by Gasteiger charge is -2.17. The van der Waals surface area contributed by atoms with Gasteiger partial charge in [0.25, 0.3) is 0 Å². The molecule has 2 rings (SSSR count). The first-order valence-corrected chi connectivity index (χ1v) is 5.48. The van der Waals surface area contributed by atoms with Gasteiger partial charge in [0.2, 0.25) is 0 Å². The molecule has 86 valence electrons. The molecule has 0 spiro atoms. The number of nitrogens with zero attached hydrogens (tertiary/aromatic N) is 1. The van der Waals surface area contributed by atoms with Gasteiger partial charge in [0.05, 0.1) is 6.42 Å². The Morgan fingerprint density at radius 1 is 1.31 bits per heavy atom. The maximum Gasteiger partial charge on any atom is 0.307 e. The highest BCUT2D eigenvalue weighted by Crippen LogP contribution is 2.21. The molecule has 0 aliphatic carbocycles. The zero-order valence-corrected chi connectivity index (χ0v) is 9.06. The normalized spacial score (nSPS) is 16.2. The minimum Gasteiger partial charge on any atom is -0.481 e. The molecule has 1 heterocycles. The molecule has 0 unspecified atom stereocenters. The summed E-state index contributed by atoms with van der Waals surface area (Å²) in [6, 6.07) is 7.29. The number of hydrogen-bond acceptors (Lipinski definition) is 3. The Morgan fingerprint density at radius 3 is 2.69 bits per heavy atom. The second-order valence-corrected chi connectivity index (χ2v) is 3.91. The van der Waals surface area contributed by atoms with Crippen LogP contribution in [0.15, 0.2) is 24.3 Å². The van der Waals surface area contributed by atoms with Gasteiger partial charge in [-0.1, -0.05) is 18.2 Å². The highest BCUT2D eigenvalue weighted by Gasteiger charge is 2.15. The number of hydroxylamine groups is 2. The quantitative estimate of drug-likeness (QED) is 0.840. The molecule has 1 fully saturated rings. The SMILES string of the molecule is O=C(O)Cc1ccccc1ON1CCCC1. The van der Waals surface area contributed by atoms with Crippen molar-refractivity contribution in [2.75, 3.05) is 13.1 Å². The number of rotatable bonds is 4. The van der Waals surface area contributed by atoms with E-state index in [4.69, 9.17) is 9.94 Å². The number of carboxylic acid groups (broad SMARTS) is 1. The van der Waals surface area contributed by atoms with E-state index >= 15 is 0 Å². The summed E-state index contributed by atoms with van der Waals surface area (Å²) in [5.74, 6) is -0.177. The van der Waals surface area contributed by atoms with E-state index in [0.29, 0.717) is 5.75 Å². The van der Waals surface area contributed by atoms with E-state index in [0.717, 1.165) is 31.5 Å². The average molecular weight is 221 g/mol. The molecule has 1 N–H and O–H groups in total. The first-order valence-electron chi connectivity index (χ1n) is 5.48. The number of para-hydroxylation sites is 1. The number of aliphatic carboxylic acids is 1. The van der Waals surface area contributed by atoms with Gasteiger partial charge in [0.15, 0.2) is 5.75 Å². The molecule has 0 bridgehead atoms. The Bertz CT molecular complexity index is 372. The van der Waals surface area contributed by atoms with Crippen LogP contribution in [0.3, 0.4) is 0 Å². The van der Waals surface area contributed by atoms with Gasteiger partial charge in [-0.15, -0.1) is 5.06 Å². The molecule has 1 aromatic carbocycles. The minimum absolute atomic E-state index is 0.00398. The van der Waals surface area contributed by atoms with Gasteiger partial charge in [-0.25, -0.2) is 0 Å². The van der Waals surface area contributed by atoms with E-state index in [1.54, 1.807) is 6.07 Å². The summed E-state index contributed by atoms with van der Waals surface area (Å²) >= 11 is 0. The monoisotopic (exact) mass is 221 g/mol. The van der Waals surface area contributed by atoms with E-state index < -0.39 is 5.97 Å². The highest BCUT2D eigenvalue weighted by atomic mass is 16.7. The standard InChI is InChI=1S/C12H15NO3/c14-12(15)9-10-5-1-2-6-11(10)16-13-7-3-4-8-13/h1-2,5-6H,3-4,7-9H2,(H,14,15). The van der Waals surface area contributed by atoms with Crippen LogP contribution in [0, 0.1) is 0 Å². The molecule has 16 heavy (non-hydrogen) atoms. The molecule has 0 radical (unpaired) electrons.